The molecule has 0 spiro atoms. The Morgan fingerprint density at radius 3 is 2.68 bits per heavy atom. The second kappa shape index (κ2) is 5.32. The lowest BCUT2D eigenvalue weighted by Gasteiger charge is -2.15. The molecule has 0 atom stereocenters. The minimum absolute atomic E-state index is 0.830. The summed E-state index contributed by atoms with van der Waals surface area (Å²) < 4.78 is 2.07. The van der Waals surface area contributed by atoms with E-state index in [1.807, 2.05) is 49.6 Å². The topological polar surface area (TPSA) is 41.7 Å². The van der Waals surface area contributed by atoms with E-state index >= 15 is 0 Å². The Labute approximate surface area is 116 Å². The number of hydrogen-bond acceptors (Lipinski definition) is 3. The molecule has 0 bridgehead atoms. The van der Waals surface area contributed by atoms with E-state index in [1.54, 1.807) is 11.8 Å². The van der Waals surface area contributed by atoms with Gasteiger partial charge in [0.25, 0.3) is 0 Å². The average molecular weight is 270 g/mol. The van der Waals surface area contributed by atoms with Gasteiger partial charge < -0.3 is 4.57 Å². The highest BCUT2D eigenvalue weighted by Crippen LogP contribution is 2.18. The molecule has 96 valence electrons. The zero-order valence-corrected chi connectivity index (χ0v) is 11.4. The number of aliphatic imine (C=N–C) groups is 1. The Morgan fingerprint density at radius 1 is 1.21 bits per heavy atom. The number of aryl methyl sites for hydroxylation is 1. The summed E-state index contributed by atoms with van der Waals surface area (Å²) in [6.45, 7) is 0. The van der Waals surface area contributed by atoms with Gasteiger partial charge in [-0.25, -0.2) is 4.99 Å². The maximum Gasteiger partial charge on any atom is 0.182 e. The van der Waals surface area contributed by atoms with Crippen molar-refractivity contribution in [2.24, 2.45) is 17.1 Å². The van der Waals surface area contributed by atoms with Crippen molar-refractivity contribution in [3.05, 3.63) is 54.4 Å². The van der Waals surface area contributed by atoms with Crippen molar-refractivity contribution in [1.82, 2.24) is 9.99 Å². The lowest BCUT2D eigenvalue weighted by atomic mass is 10.3. The molecule has 1 aliphatic heterocycles. The van der Waals surface area contributed by atoms with Gasteiger partial charge in [-0.15, -0.1) is 0 Å². The molecule has 1 aromatic heterocycles. The molecule has 0 fully saturated rings. The fourth-order valence-electron chi connectivity index (χ4n) is 1.89. The second-order valence-corrected chi connectivity index (χ2v) is 5.18. The lowest BCUT2D eigenvalue weighted by Crippen LogP contribution is -2.26. The quantitative estimate of drug-likeness (QED) is 0.911. The van der Waals surface area contributed by atoms with Crippen LogP contribution >= 0.6 is 11.8 Å². The molecule has 0 saturated heterocycles. The molecule has 1 N–H and O–H groups in total. The number of amidine groups is 1. The number of para-hydroxylation sites is 1. The minimum atomic E-state index is 0.830. The summed E-state index contributed by atoms with van der Waals surface area (Å²) in [6, 6.07) is 14.0. The SMILES string of the molecule is Cn1cccc1C1=NNC(=Nc2ccccc2)SC1. The fourth-order valence-corrected chi connectivity index (χ4v) is 2.65. The molecule has 5 heteroatoms. The summed E-state index contributed by atoms with van der Waals surface area (Å²) in [5.74, 6) is 0.830. The molecule has 4 nitrogen and oxygen atoms in total. The van der Waals surface area contributed by atoms with Crippen LogP contribution in [0.2, 0.25) is 0 Å². The molecule has 3 rings (SSSR count). The summed E-state index contributed by atoms with van der Waals surface area (Å²) in [5.41, 5.74) is 6.14. The van der Waals surface area contributed by atoms with Crippen molar-refractivity contribution in [2.45, 2.75) is 0 Å². The largest absolute Gasteiger partial charge is 0.350 e. The van der Waals surface area contributed by atoms with Crippen LogP contribution < -0.4 is 5.43 Å². The lowest BCUT2D eigenvalue weighted by molar-refractivity contribution is 0.906. The Hall–Kier alpha value is -2.01. The zero-order valence-electron chi connectivity index (χ0n) is 10.6. The van der Waals surface area contributed by atoms with Gasteiger partial charge >= 0.3 is 0 Å². The maximum absolute atomic E-state index is 4.51. The molecular formula is C14H14N4S. The summed E-state index contributed by atoms with van der Waals surface area (Å²) >= 11 is 1.67. The van der Waals surface area contributed by atoms with Crippen LogP contribution in [0.5, 0.6) is 0 Å². The minimum Gasteiger partial charge on any atom is -0.350 e. The van der Waals surface area contributed by atoms with Crippen LogP contribution in [0.3, 0.4) is 0 Å². The maximum atomic E-state index is 4.51. The van der Waals surface area contributed by atoms with E-state index < -0.39 is 0 Å². The normalized spacial score (nSPS) is 17.1. The molecule has 1 aromatic carbocycles. The molecule has 1 aliphatic rings. The molecule has 2 heterocycles. The molecule has 0 amide bonds. The van der Waals surface area contributed by atoms with Gasteiger partial charge in [-0.05, 0) is 24.3 Å². The van der Waals surface area contributed by atoms with Crippen LogP contribution in [0.1, 0.15) is 5.69 Å². The third kappa shape index (κ3) is 2.71. The number of nitrogens with zero attached hydrogens (tertiary/aromatic N) is 3. The number of benzene rings is 1. The van der Waals surface area contributed by atoms with Crippen molar-refractivity contribution in [2.75, 3.05) is 5.75 Å². The van der Waals surface area contributed by atoms with Gasteiger partial charge in [-0.1, -0.05) is 30.0 Å². The highest BCUT2D eigenvalue weighted by molar-refractivity contribution is 8.14. The molecular weight excluding hydrogens is 256 g/mol. The summed E-state index contributed by atoms with van der Waals surface area (Å²) in [4.78, 5) is 4.51. The standard InChI is InChI=1S/C14H14N4S/c1-18-9-5-8-13(18)12-10-19-14(17-16-12)15-11-6-3-2-4-7-11/h2-9H,10H2,1H3,(H,15,17). The van der Waals surface area contributed by atoms with Gasteiger partial charge in [0.15, 0.2) is 5.17 Å². The first kappa shape index (κ1) is 12.0. The number of hydrogen-bond donors (Lipinski definition) is 1. The number of thioether (sulfide) groups is 1. The summed E-state index contributed by atoms with van der Waals surface area (Å²) in [6.07, 6.45) is 2.02. The average Bonchev–Trinajstić information content (AvgIpc) is 2.87. The van der Waals surface area contributed by atoms with Gasteiger partial charge in [0.05, 0.1) is 17.1 Å². The van der Waals surface area contributed by atoms with Gasteiger partial charge in [-0.2, -0.15) is 5.10 Å². The summed E-state index contributed by atoms with van der Waals surface area (Å²) in [7, 11) is 2.02. The Morgan fingerprint density at radius 2 is 2.05 bits per heavy atom. The van der Waals surface area contributed by atoms with Gasteiger partial charge in [0.2, 0.25) is 0 Å². The number of aromatic nitrogens is 1. The van der Waals surface area contributed by atoms with E-state index in [0.717, 1.165) is 28.0 Å². The van der Waals surface area contributed by atoms with Gasteiger partial charge in [0, 0.05) is 19.0 Å². The van der Waals surface area contributed by atoms with Crippen LogP contribution in [0.4, 0.5) is 5.69 Å². The summed E-state index contributed by atoms with van der Waals surface area (Å²) in [5, 5.41) is 5.24. The third-order valence-electron chi connectivity index (χ3n) is 2.86. The first-order valence-electron chi connectivity index (χ1n) is 6.04. The number of rotatable bonds is 2. The molecule has 19 heavy (non-hydrogen) atoms. The predicted molar refractivity (Wildman–Crippen MR) is 81.1 cm³/mol. The van der Waals surface area contributed by atoms with Gasteiger partial charge in [-0.3, -0.25) is 5.43 Å². The van der Waals surface area contributed by atoms with Crippen LogP contribution in [-0.4, -0.2) is 21.2 Å². The van der Waals surface area contributed by atoms with Crippen molar-refractivity contribution >= 4 is 28.3 Å². The molecule has 0 aliphatic carbocycles. The number of nitrogens with one attached hydrogen (secondary N) is 1. The van der Waals surface area contributed by atoms with Crippen molar-refractivity contribution in [3.8, 4) is 0 Å². The van der Waals surface area contributed by atoms with E-state index in [1.165, 1.54) is 0 Å². The van der Waals surface area contributed by atoms with E-state index in [9.17, 15) is 0 Å². The van der Waals surface area contributed by atoms with Gasteiger partial charge in [0.1, 0.15) is 0 Å². The first-order chi connectivity index (χ1) is 9.33. The van der Waals surface area contributed by atoms with Crippen molar-refractivity contribution in [3.63, 3.8) is 0 Å². The third-order valence-corrected chi connectivity index (χ3v) is 3.73. The van der Waals surface area contributed by atoms with Crippen molar-refractivity contribution < 1.29 is 0 Å². The highest BCUT2D eigenvalue weighted by Gasteiger charge is 2.14. The monoisotopic (exact) mass is 270 g/mol. The zero-order chi connectivity index (χ0) is 13.1. The molecule has 2 aromatic rings. The van der Waals surface area contributed by atoms with E-state index in [4.69, 9.17) is 0 Å². The highest BCUT2D eigenvalue weighted by atomic mass is 32.2. The van der Waals surface area contributed by atoms with Crippen LogP contribution in [0.25, 0.3) is 0 Å². The van der Waals surface area contributed by atoms with E-state index in [-0.39, 0.29) is 0 Å². The molecule has 0 unspecified atom stereocenters. The van der Waals surface area contributed by atoms with E-state index in [0.29, 0.717) is 0 Å². The van der Waals surface area contributed by atoms with E-state index in [2.05, 4.69) is 26.2 Å². The molecule has 0 saturated carbocycles. The Kier molecular flexibility index (Phi) is 3.37. The second-order valence-electron chi connectivity index (χ2n) is 4.22. The first-order valence-corrected chi connectivity index (χ1v) is 7.02. The van der Waals surface area contributed by atoms with Crippen molar-refractivity contribution in [1.29, 1.82) is 0 Å². The smallest absolute Gasteiger partial charge is 0.182 e. The predicted octanol–water partition coefficient (Wildman–Crippen LogP) is 2.75. The molecule has 0 radical (unpaired) electrons. The fraction of sp³-hybridized carbons (Fsp3) is 0.143. The number of hydrazone groups is 1. The Balaban J connectivity index is 1.77. The van der Waals surface area contributed by atoms with Crippen LogP contribution in [0.15, 0.2) is 58.8 Å². The van der Waals surface area contributed by atoms with Crippen LogP contribution in [-0.2, 0) is 7.05 Å². The Bertz CT molecular complexity index is 628. The van der Waals surface area contributed by atoms with Crippen LogP contribution in [0, 0.1) is 0 Å².